The number of aromatic amines is 2. The Labute approximate surface area is 169 Å². The number of hydrogen-bond acceptors (Lipinski definition) is 5. The third kappa shape index (κ3) is 4.47. The summed E-state index contributed by atoms with van der Waals surface area (Å²) < 4.78 is 73.7. The van der Waals surface area contributed by atoms with Crippen molar-refractivity contribution in [3.05, 3.63) is 73.3 Å². The molecule has 162 valence electrons. The van der Waals surface area contributed by atoms with E-state index in [4.69, 9.17) is 10.00 Å². The van der Waals surface area contributed by atoms with Gasteiger partial charge in [0, 0.05) is 25.2 Å². The van der Waals surface area contributed by atoms with Crippen LogP contribution in [0.4, 0.5) is 22.0 Å². The van der Waals surface area contributed by atoms with Crippen LogP contribution in [-0.2, 0) is 19.6 Å². The number of nitrogens with zero attached hydrogens (tertiary/aromatic N) is 3. The second-order valence-corrected chi connectivity index (χ2v) is 6.33. The van der Waals surface area contributed by atoms with Crippen LogP contribution in [0.1, 0.15) is 34.5 Å². The Morgan fingerprint density at radius 3 is 2.52 bits per heavy atom. The zero-order chi connectivity index (χ0) is 22.9. The van der Waals surface area contributed by atoms with Crippen LogP contribution in [0.15, 0.2) is 34.0 Å². The van der Waals surface area contributed by atoms with Gasteiger partial charge in [-0.1, -0.05) is 0 Å². The van der Waals surface area contributed by atoms with E-state index in [1.165, 1.54) is 7.05 Å². The van der Waals surface area contributed by atoms with Crippen LogP contribution in [0.3, 0.4) is 0 Å². The van der Waals surface area contributed by atoms with Gasteiger partial charge in [0.25, 0.3) is 12.0 Å². The molecular formula is C18H12F5N5O3. The summed E-state index contributed by atoms with van der Waals surface area (Å²) in [5.41, 5.74) is -4.82. The molecule has 0 fully saturated rings. The zero-order valence-corrected chi connectivity index (χ0v) is 15.6. The van der Waals surface area contributed by atoms with Crippen molar-refractivity contribution in [1.29, 1.82) is 5.26 Å². The molecule has 3 rings (SSSR count). The lowest BCUT2D eigenvalue weighted by molar-refractivity contribution is -0.139. The first kappa shape index (κ1) is 21.8. The Kier molecular flexibility index (Phi) is 5.65. The first-order valence-electron chi connectivity index (χ1n) is 8.44. The summed E-state index contributed by atoms with van der Waals surface area (Å²) in [5, 5.41) is 14.7. The van der Waals surface area contributed by atoms with Gasteiger partial charge in [0.05, 0.1) is 11.6 Å². The summed E-state index contributed by atoms with van der Waals surface area (Å²) in [6.07, 6.45) is -7.80. The van der Waals surface area contributed by atoms with E-state index in [1.807, 2.05) is 0 Å². The SMILES string of the molecule is Cn1c(Cc2c[nH]c(=O)c(Oc3cc(C#N)cc(C(F)F)c3)c2C(F)(F)F)n[nH]c1=O. The highest BCUT2D eigenvalue weighted by Crippen LogP contribution is 2.39. The van der Waals surface area contributed by atoms with Gasteiger partial charge in [-0.2, -0.15) is 23.5 Å². The Balaban J connectivity index is 2.16. The number of rotatable bonds is 5. The topological polar surface area (TPSA) is 117 Å². The Bertz CT molecular complexity index is 1280. The van der Waals surface area contributed by atoms with Crippen LogP contribution in [0.2, 0.25) is 0 Å². The average Bonchev–Trinajstić information content (AvgIpc) is 3.01. The van der Waals surface area contributed by atoms with Crippen molar-refractivity contribution in [1.82, 2.24) is 19.7 Å². The van der Waals surface area contributed by atoms with Crippen LogP contribution in [-0.4, -0.2) is 19.7 Å². The van der Waals surface area contributed by atoms with E-state index in [-0.39, 0.29) is 11.4 Å². The van der Waals surface area contributed by atoms with Gasteiger partial charge in [0.15, 0.2) is 0 Å². The molecule has 1 aromatic carbocycles. The third-order valence-electron chi connectivity index (χ3n) is 4.27. The largest absolute Gasteiger partial charge is 0.451 e. The number of aromatic nitrogens is 4. The molecule has 0 amide bonds. The molecule has 2 aromatic heterocycles. The molecule has 8 nitrogen and oxygen atoms in total. The molecule has 3 aromatic rings. The molecule has 0 spiro atoms. The molecule has 0 unspecified atom stereocenters. The maximum absolute atomic E-state index is 13.9. The van der Waals surface area contributed by atoms with Gasteiger partial charge < -0.3 is 9.72 Å². The molecule has 31 heavy (non-hydrogen) atoms. The van der Waals surface area contributed by atoms with E-state index in [0.29, 0.717) is 0 Å². The van der Waals surface area contributed by atoms with Crippen molar-refractivity contribution in [2.45, 2.75) is 19.0 Å². The van der Waals surface area contributed by atoms with E-state index < -0.39 is 58.5 Å². The van der Waals surface area contributed by atoms with Crippen molar-refractivity contribution in [3.8, 4) is 17.6 Å². The average molecular weight is 441 g/mol. The minimum atomic E-state index is -5.08. The summed E-state index contributed by atoms with van der Waals surface area (Å²) in [6.45, 7) is 0. The fourth-order valence-corrected chi connectivity index (χ4v) is 2.79. The summed E-state index contributed by atoms with van der Waals surface area (Å²) in [4.78, 5) is 25.7. The van der Waals surface area contributed by atoms with E-state index in [9.17, 15) is 31.5 Å². The van der Waals surface area contributed by atoms with Crippen LogP contribution in [0.5, 0.6) is 11.5 Å². The van der Waals surface area contributed by atoms with E-state index in [0.717, 1.165) is 29.0 Å². The lowest BCUT2D eigenvalue weighted by Crippen LogP contribution is -2.21. The quantitative estimate of drug-likeness (QED) is 0.591. The molecule has 13 heteroatoms. The highest BCUT2D eigenvalue weighted by molar-refractivity contribution is 5.46. The summed E-state index contributed by atoms with van der Waals surface area (Å²) in [7, 11) is 1.29. The number of hydrogen-bond donors (Lipinski definition) is 2. The summed E-state index contributed by atoms with van der Waals surface area (Å²) >= 11 is 0. The fraction of sp³-hybridized carbons (Fsp3) is 0.222. The number of alkyl halides is 5. The predicted molar refractivity (Wildman–Crippen MR) is 94.9 cm³/mol. The van der Waals surface area contributed by atoms with E-state index in [1.54, 1.807) is 6.07 Å². The summed E-state index contributed by atoms with van der Waals surface area (Å²) in [5.74, 6) is -1.80. The van der Waals surface area contributed by atoms with E-state index in [2.05, 4.69) is 15.2 Å². The number of H-pyrrole nitrogens is 2. The molecule has 2 N–H and O–H groups in total. The molecule has 0 saturated heterocycles. The van der Waals surface area contributed by atoms with Gasteiger partial charge in [0.1, 0.15) is 17.1 Å². The van der Waals surface area contributed by atoms with Crippen LogP contribution in [0.25, 0.3) is 0 Å². The normalized spacial score (nSPS) is 11.5. The molecule has 0 aliphatic heterocycles. The van der Waals surface area contributed by atoms with Gasteiger partial charge in [-0.25, -0.2) is 18.7 Å². The van der Waals surface area contributed by atoms with Crippen LogP contribution < -0.4 is 16.0 Å². The first-order valence-corrected chi connectivity index (χ1v) is 8.44. The number of nitrogens with one attached hydrogen (secondary N) is 2. The lowest BCUT2D eigenvalue weighted by atomic mass is 10.1. The second-order valence-electron chi connectivity index (χ2n) is 6.33. The van der Waals surface area contributed by atoms with Gasteiger partial charge >= 0.3 is 11.9 Å². The van der Waals surface area contributed by atoms with Crippen LogP contribution >= 0.6 is 0 Å². The Morgan fingerprint density at radius 2 is 1.97 bits per heavy atom. The molecule has 0 aliphatic rings. The predicted octanol–water partition coefficient (Wildman–Crippen LogP) is 3.01. The minimum Gasteiger partial charge on any atom is -0.451 e. The molecular weight excluding hydrogens is 429 g/mol. The maximum Gasteiger partial charge on any atom is 0.420 e. The van der Waals surface area contributed by atoms with Gasteiger partial charge in [-0.05, 0) is 23.8 Å². The van der Waals surface area contributed by atoms with Gasteiger partial charge in [-0.3, -0.25) is 9.36 Å². The molecule has 0 atom stereocenters. The standard InChI is InChI=1S/C18H12F5N5O3/c1-28-12(26-27-17(28)30)5-10-7-25-16(29)14(13(10)18(21,22)23)31-11-3-8(6-24)2-9(4-11)15(19)20/h2-4,7,15H,5H2,1H3,(H,25,29)(H,27,30). The van der Waals surface area contributed by atoms with Crippen molar-refractivity contribution in [3.63, 3.8) is 0 Å². The summed E-state index contributed by atoms with van der Waals surface area (Å²) in [6, 6.07) is 4.10. The third-order valence-corrected chi connectivity index (χ3v) is 4.27. The van der Waals surface area contributed by atoms with Gasteiger partial charge in [0.2, 0.25) is 5.75 Å². The minimum absolute atomic E-state index is 0.0556. The van der Waals surface area contributed by atoms with Crippen molar-refractivity contribution >= 4 is 0 Å². The number of pyridine rings is 1. The highest BCUT2D eigenvalue weighted by Gasteiger charge is 2.39. The Hall–Kier alpha value is -3.95. The van der Waals surface area contributed by atoms with Gasteiger partial charge in [-0.15, -0.1) is 0 Å². The first-order chi connectivity index (χ1) is 14.5. The highest BCUT2D eigenvalue weighted by atomic mass is 19.4. The van der Waals surface area contributed by atoms with Crippen LogP contribution in [0, 0.1) is 11.3 Å². The zero-order valence-electron chi connectivity index (χ0n) is 15.6. The molecule has 0 saturated carbocycles. The molecule has 2 heterocycles. The van der Waals surface area contributed by atoms with Crippen molar-refractivity contribution in [2.24, 2.45) is 7.05 Å². The van der Waals surface area contributed by atoms with E-state index >= 15 is 0 Å². The number of nitriles is 1. The second kappa shape index (κ2) is 8.05. The molecule has 0 aliphatic carbocycles. The van der Waals surface area contributed by atoms with Crippen molar-refractivity contribution in [2.75, 3.05) is 0 Å². The molecule has 0 radical (unpaired) electrons. The number of benzene rings is 1. The maximum atomic E-state index is 13.9. The Morgan fingerprint density at radius 1 is 1.26 bits per heavy atom. The number of halogens is 5. The monoisotopic (exact) mass is 441 g/mol. The smallest absolute Gasteiger partial charge is 0.420 e. The number of ether oxygens (including phenoxy) is 1. The molecule has 0 bridgehead atoms. The lowest BCUT2D eigenvalue weighted by Gasteiger charge is -2.17. The fourth-order valence-electron chi connectivity index (χ4n) is 2.79. The van der Waals surface area contributed by atoms with Crippen molar-refractivity contribution < 1.29 is 26.7 Å².